The lowest BCUT2D eigenvalue weighted by Gasteiger charge is -2.04. The van der Waals surface area contributed by atoms with Crippen molar-refractivity contribution in [3.8, 4) is 11.3 Å². The summed E-state index contributed by atoms with van der Waals surface area (Å²) in [5, 5.41) is 17.3. The summed E-state index contributed by atoms with van der Waals surface area (Å²) in [7, 11) is 0. The summed E-state index contributed by atoms with van der Waals surface area (Å²) in [6.07, 6.45) is 1.41. The number of aromatic nitrogens is 2. The van der Waals surface area contributed by atoms with Gasteiger partial charge in [-0.15, -0.1) is 11.3 Å². The number of anilines is 1. The second-order valence-corrected chi connectivity index (χ2v) is 7.39. The van der Waals surface area contributed by atoms with Crippen LogP contribution in [-0.4, -0.2) is 16.6 Å². The number of nitrogens with zero attached hydrogens (tertiary/aromatic N) is 2. The molecule has 0 saturated carbocycles. The molecule has 3 rings (SSSR count). The minimum Gasteiger partial charge on any atom is -0.618 e. The number of carbonyl (C=O) groups is 1. The molecule has 0 aliphatic carbocycles. The number of rotatable bonds is 5. The number of hydrogen-bond acceptors (Lipinski definition) is 5. The molecule has 2 heterocycles. The molecular weight excluding hydrogens is 354 g/mol. The molecule has 0 unspecified atom stereocenters. The summed E-state index contributed by atoms with van der Waals surface area (Å²) in [6.45, 7) is 4.14. The molecule has 0 radical (unpaired) electrons. The van der Waals surface area contributed by atoms with E-state index in [0.29, 0.717) is 10.2 Å². The van der Waals surface area contributed by atoms with E-state index in [-0.39, 0.29) is 11.7 Å². The highest BCUT2D eigenvalue weighted by molar-refractivity contribution is 7.99. The van der Waals surface area contributed by atoms with Crippen molar-refractivity contribution in [2.75, 3.05) is 11.1 Å². The Balaban J connectivity index is 1.62. The van der Waals surface area contributed by atoms with Gasteiger partial charge in [0.25, 0.3) is 5.03 Å². The quantitative estimate of drug-likeness (QED) is 0.421. The number of benzene rings is 1. The number of nitrogens with one attached hydrogen (secondary N) is 1. The summed E-state index contributed by atoms with van der Waals surface area (Å²) < 4.78 is 0.749. The first-order valence-electron chi connectivity index (χ1n) is 7.67. The lowest BCUT2D eigenvalue weighted by molar-refractivity contribution is -0.645. The van der Waals surface area contributed by atoms with Gasteiger partial charge in [0.1, 0.15) is 0 Å². The molecule has 0 bridgehead atoms. The van der Waals surface area contributed by atoms with E-state index < -0.39 is 0 Å². The van der Waals surface area contributed by atoms with Crippen LogP contribution in [-0.2, 0) is 4.79 Å². The highest BCUT2D eigenvalue weighted by Gasteiger charge is 2.12. The largest absolute Gasteiger partial charge is 0.618 e. The number of thioether (sulfide) groups is 1. The van der Waals surface area contributed by atoms with Crippen LogP contribution >= 0.6 is 23.1 Å². The Morgan fingerprint density at radius 1 is 1.28 bits per heavy atom. The van der Waals surface area contributed by atoms with Crippen LogP contribution in [0.1, 0.15) is 11.1 Å². The van der Waals surface area contributed by atoms with Gasteiger partial charge in [0.2, 0.25) is 5.91 Å². The first-order chi connectivity index (χ1) is 12.0. The fourth-order valence-corrected chi connectivity index (χ4v) is 3.63. The zero-order chi connectivity index (χ0) is 17.8. The van der Waals surface area contributed by atoms with Gasteiger partial charge in [0.05, 0.1) is 11.4 Å². The number of aryl methyl sites for hydroxylation is 2. The molecule has 2 aromatic heterocycles. The molecule has 0 saturated heterocycles. The molecule has 0 fully saturated rings. The highest BCUT2D eigenvalue weighted by Crippen LogP contribution is 2.26. The molecule has 25 heavy (non-hydrogen) atoms. The fraction of sp³-hybridized carbons (Fsp3) is 0.167. The third-order valence-electron chi connectivity index (χ3n) is 3.69. The number of amides is 1. The maximum atomic E-state index is 12.1. The summed E-state index contributed by atoms with van der Waals surface area (Å²) in [5.41, 5.74) is 4.32. The number of carbonyl (C=O) groups excluding carboxylic acids is 1. The van der Waals surface area contributed by atoms with Gasteiger partial charge in [-0.25, -0.2) is 4.98 Å². The normalized spacial score (nSPS) is 10.6. The average Bonchev–Trinajstić information content (AvgIpc) is 3.05. The molecule has 0 atom stereocenters. The molecule has 0 aliphatic heterocycles. The Morgan fingerprint density at radius 3 is 2.88 bits per heavy atom. The van der Waals surface area contributed by atoms with E-state index in [1.807, 2.05) is 11.4 Å². The van der Waals surface area contributed by atoms with Crippen molar-refractivity contribution in [1.82, 2.24) is 4.98 Å². The van der Waals surface area contributed by atoms with Gasteiger partial charge < -0.3 is 10.5 Å². The summed E-state index contributed by atoms with van der Waals surface area (Å²) in [4.78, 5) is 16.5. The van der Waals surface area contributed by atoms with Gasteiger partial charge in [-0.1, -0.05) is 12.1 Å². The van der Waals surface area contributed by atoms with E-state index in [1.54, 1.807) is 18.2 Å². The van der Waals surface area contributed by atoms with E-state index >= 15 is 0 Å². The summed E-state index contributed by atoms with van der Waals surface area (Å²) in [5.74, 6) is -0.0278. The smallest absolute Gasteiger partial charge is 0.251 e. The van der Waals surface area contributed by atoms with Crippen molar-refractivity contribution in [3.05, 3.63) is 64.3 Å². The number of pyridine rings is 1. The average molecular weight is 371 g/mol. The molecule has 0 aliphatic rings. The van der Waals surface area contributed by atoms with E-state index in [1.165, 1.54) is 40.4 Å². The van der Waals surface area contributed by atoms with Crippen LogP contribution in [0.25, 0.3) is 11.3 Å². The lowest BCUT2D eigenvalue weighted by Crippen LogP contribution is -2.28. The predicted octanol–water partition coefficient (Wildman–Crippen LogP) is 3.79. The summed E-state index contributed by atoms with van der Waals surface area (Å²) in [6, 6.07) is 11.3. The Labute approximate surface area is 154 Å². The topological polar surface area (TPSA) is 68.9 Å². The minimum atomic E-state index is -0.185. The van der Waals surface area contributed by atoms with Crippen LogP contribution in [0.2, 0.25) is 0 Å². The molecule has 7 heteroatoms. The zero-order valence-electron chi connectivity index (χ0n) is 13.9. The van der Waals surface area contributed by atoms with E-state index in [4.69, 9.17) is 0 Å². The fourth-order valence-electron chi connectivity index (χ4n) is 2.18. The molecular formula is C18H17N3O2S2. The van der Waals surface area contributed by atoms with Gasteiger partial charge in [0, 0.05) is 23.1 Å². The van der Waals surface area contributed by atoms with Crippen molar-refractivity contribution in [3.63, 3.8) is 0 Å². The molecule has 3 aromatic rings. The van der Waals surface area contributed by atoms with E-state index in [0.717, 1.165) is 16.0 Å². The Morgan fingerprint density at radius 2 is 2.12 bits per heavy atom. The molecule has 128 valence electrons. The molecule has 1 amide bonds. The van der Waals surface area contributed by atoms with Gasteiger partial charge in [-0.2, -0.15) is 4.73 Å². The van der Waals surface area contributed by atoms with Gasteiger partial charge in [0.15, 0.2) is 11.3 Å². The third-order valence-corrected chi connectivity index (χ3v) is 5.47. The van der Waals surface area contributed by atoms with Crippen molar-refractivity contribution in [2.45, 2.75) is 18.9 Å². The maximum absolute atomic E-state index is 12.1. The number of thiazole rings is 1. The maximum Gasteiger partial charge on any atom is 0.251 e. The Bertz CT molecular complexity index is 909. The van der Waals surface area contributed by atoms with Crippen molar-refractivity contribution in [1.29, 1.82) is 0 Å². The van der Waals surface area contributed by atoms with E-state index in [9.17, 15) is 10.0 Å². The van der Waals surface area contributed by atoms with Crippen molar-refractivity contribution < 1.29 is 9.52 Å². The SMILES string of the molecule is Cc1ccc(-c2csc(NC(=O)CSc3cccc[n+]3[O-])n2)cc1C. The second kappa shape index (κ2) is 7.67. The van der Waals surface area contributed by atoms with Crippen molar-refractivity contribution in [2.24, 2.45) is 0 Å². The third kappa shape index (κ3) is 4.37. The minimum absolute atomic E-state index is 0.158. The molecule has 0 spiro atoms. The van der Waals surface area contributed by atoms with Crippen LogP contribution in [0.3, 0.4) is 0 Å². The molecule has 1 N–H and O–H groups in total. The summed E-state index contributed by atoms with van der Waals surface area (Å²) >= 11 is 2.58. The van der Waals surface area contributed by atoms with Crippen molar-refractivity contribution >= 4 is 34.1 Å². The van der Waals surface area contributed by atoms with Crippen LogP contribution < -0.4 is 10.0 Å². The van der Waals surface area contributed by atoms with Crippen LogP contribution in [0.4, 0.5) is 5.13 Å². The van der Waals surface area contributed by atoms with Gasteiger partial charge >= 0.3 is 0 Å². The predicted molar refractivity (Wildman–Crippen MR) is 102 cm³/mol. The van der Waals surface area contributed by atoms with Crippen LogP contribution in [0.15, 0.2) is 53.0 Å². The van der Waals surface area contributed by atoms with Gasteiger partial charge in [-0.3, -0.25) is 4.79 Å². The first-order valence-corrected chi connectivity index (χ1v) is 9.53. The lowest BCUT2D eigenvalue weighted by atomic mass is 10.1. The van der Waals surface area contributed by atoms with Crippen LogP contribution in [0, 0.1) is 19.1 Å². The first kappa shape index (κ1) is 17.4. The Kier molecular flexibility index (Phi) is 5.35. The molecule has 1 aromatic carbocycles. The monoisotopic (exact) mass is 371 g/mol. The standard InChI is InChI=1S/C18H17N3O2S2/c1-12-6-7-14(9-13(12)2)15-10-25-18(19-15)20-16(22)11-24-17-5-3-4-8-21(17)23/h3-10H,11H2,1-2H3,(H,19,20,22). The number of hydrogen-bond donors (Lipinski definition) is 1. The zero-order valence-corrected chi connectivity index (χ0v) is 15.5. The van der Waals surface area contributed by atoms with E-state index in [2.05, 4.69) is 36.3 Å². The van der Waals surface area contributed by atoms with Crippen LogP contribution in [0.5, 0.6) is 0 Å². The second-order valence-electron chi connectivity index (χ2n) is 5.54. The molecule has 5 nitrogen and oxygen atoms in total. The van der Waals surface area contributed by atoms with Gasteiger partial charge in [-0.05, 0) is 48.9 Å². The Hall–Kier alpha value is -2.38. The highest BCUT2D eigenvalue weighted by atomic mass is 32.2.